The van der Waals surface area contributed by atoms with E-state index in [1.165, 1.54) is 5.56 Å². The van der Waals surface area contributed by atoms with E-state index in [0.717, 1.165) is 12.8 Å². The Morgan fingerprint density at radius 1 is 1.45 bits per heavy atom. The summed E-state index contributed by atoms with van der Waals surface area (Å²) >= 11 is 1.67. The Hall–Kier alpha value is -1.36. The van der Waals surface area contributed by atoms with Crippen LogP contribution in [0.3, 0.4) is 0 Å². The fourth-order valence-corrected chi connectivity index (χ4v) is 3.31. The molecule has 0 aliphatic carbocycles. The van der Waals surface area contributed by atoms with Gasteiger partial charge >= 0.3 is 0 Å². The summed E-state index contributed by atoms with van der Waals surface area (Å²) in [5.74, 6) is 0.0581. The number of thiophene rings is 1. The first-order valence-electron chi connectivity index (χ1n) is 7.22. The molecule has 1 aromatic rings. The van der Waals surface area contributed by atoms with Gasteiger partial charge in [-0.2, -0.15) is 11.3 Å². The number of nitrogens with one attached hydrogen (secondary N) is 1. The van der Waals surface area contributed by atoms with Gasteiger partial charge in [0.25, 0.3) is 0 Å². The van der Waals surface area contributed by atoms with Crippen LogP contribution in [0, 0.1) is 0 Å². The summed E-state index contributed by atoms with van der Waals surface area (Å²) in [7, 11) is 0. The molecule has 0 bridgehead atoms. The number of carbonyl (C=O) groups is 2. The minimum absolute atomic E-state index is 0.0117. The van der Waals surface area contributed by atoms with E-state index >= 15 is 0 Å². The Morgan fingerprint density at radius 3 is 2.90 bits per heavy atom. The van der Waals surface area contributed by atoms with Gasteiger partial charge in [-0.25, -0.2) is 0 Å². The minimum Gasteiger partial charge on any atom is -0.344 e. The van der Waals surface area contributed by atoms with Crippen LogP contribution in [0.5, 0.6) is 0 Å². The lowest BCUT2D eigenvalue weighted by Crippen LogP contribution is -2.47. The van der Waals surface area contributed by atoms with Crippen LogP contribution in [0.2, 0.25) is 0 Å². The molecule has 4 nitrogen and oxygen atoms in total. The van der Waals surface area contributed by atoms with Crippen molar-refractivity contribution in [3.05, 3.63) is 22.4 Å². The van der Waals surface area contributed by atoms with E-state index in [0.29, 0.717) is 19.4 Å². The van der Waals surface area contributed by atoms with Gasteiger partial charge in [0.05, 0.1) is 0 Å². The summed E-state index contributed by atoms with van der Waals surface area (Å²) < 4.78 is 0. The summed E-state index contributed by atoms with van der Waals surface area (Å²) in [6, 6.07) is 1.72. The van der Waals surface area contributed by atoms with Gasteiger partial charge in [0, 0.05) is 19.0 Å². The van der Waals surface area contributed by atoms with Crippen LogP contribution in [0.15, 0.2) is 16.8 Å². The van der Waals surface area contributed by atoms with Crippen molar-refractivity contribution in [2.75, 3.05) is 6.54 Å². The molecule has 2 amide bonds. The van der Waals surface area contributed by atoms with E-state index in [9.17, 15) is 9.59 Å². The van der Waals surface area contributed by atoms with Crippen molar-refractivity contribution >= 4 is 23.2 Å². The van der Waals surface area contributed by atoms with E-state index in [4.69, 9.17) is 0 Å². The maximum atomic E-state index is 12.6. The average molecular weight is 294 g/mol. The third-order valence-corrected chi connectivity index (χ3v) is 4.46. The van der Waals surface area contributed by atoms with E-state index in [2.05, 4.69) is 16.8 Å². The van der Waals surface area contributed by atoms with Crippen LogP contribution in [0.25, 0.3) is 0 Å². The molecule has 2 heterocycles. The molecule has 0 spiro atoms. The molecule has 1 N–H and O–H groups in total. The van der Waals surface area contributed by atoms with Gasteiger partial charge in [0.1, 0.15) is 6.04 Å². The van der Waals surface area contributed by atoms with Crippen LogP contribution < -0.4 is 5.32 Å². The van der Waals surface area contributed by atoms with E-state index in [-0.39, 0.29) is 23.9 Å². The van der Waals surface area contributed by atoms with Gasteiger partial charge in [-0.3, -0.25) is 9.59 Å². The lowest BCUT2D eigenvalue weighted by Gasteiger charge is -2.28. The molecule has 20 heavy (non-hydrogen) atoms. The molecule has 0 radical (unpaired) electrons. The van der Waals surface area contributed by atoms with E-state index in [1.54, 1.807) is 11.3 Å². The summed E-state index contributed by atoms with van der Waals surface area (Å²) in [6.45, 7) is 4.68. The molecule has 1 aliphatic rings. The van der Waals surface area contributed by atoms with Crippen molar-refractivity contribution < 1.29 is 9.59 Å². The van der Waals surface area contributed by atoms with Crippen molar-refractivity contribution in [3.63, 3.8) is 0 Å². The van der Waals surface area contributed by atoms with Gasteiger partial charge < -0.3 is 10.2 Å². The van der Waals surface area contributed by atoms with Gasteiger partial charge in [-0.05, 0) is 42.2 Å². The summed E-state index contributed by atoms with van der Waals surface area (Å²) in [6.07, 6.45) is 2.86. The molecule has 2 atom stereocenters. The predicted molar refractivity (Wildman–Crippen MR) is 80.7 cm³/mol. The van der Waals surface area contributed by atoms with Crippen molar-refractivity contribution in [3.8, 4) is 0 Å². The van der Waals surface area contributed by atoms with Gasteiger partial charge in [-0.1, -0.05) is 13.3 Å². The molecular formula is C15H22N2O2S. The predicted octanol–water partition coefficient (Wildman–Crippen LogP) is 2.20. The van der Waals surface area contributed by atoms with Crippen molar-refractivity contribution in [1.82, 2.24) is 10.2 Å². The molecule has 2 rings (SSSR count). The normalized spacial score (nSPS) is 23.6. The molecule has 1 aliphatic heterocycles. The van der Waals surface area contributed by atoms with Gasteiger partial charge in [0.15, 0.2) is 0 Å². The zero-order valence-corrected chi connectivity index (χ0v) is 12.9. The van der Waals surface area contributed by atoms with Gasteiger partial charge in [-0.15, -0.1) is 0 Å². The fourth-order valence-electron chi connectivity index (χ4n) is 2.61. The number of hydrogen-bond donors (Lipinski definition) is 1. The Bertz CT molecular complexity index is 458. The highest BCUT2D eigenvalue weighted by Crippen LogP contribution is 2.16. The zero-order valence-electron chi connectivity index (χ0n) is 12.1. The molecule has 0 saturated carbocycles. The summed E-state index contributed by atoms with van der Waals surface area (Å²) in [5.41, 5.74) is 1.26. The number of hydrogen-bond acceptors (Lipinski definition) is 3. The smallest absolute Gasteiger partial charge is 0.245 e. The second kappa shape index (κ2) is 6.88. The van der Waals surface area contributed by atoms with Gasteiger partial charge in [0.2, 0.25) is 11.8 Å². The second-order valence-corrected chi connectivity index (χ2v) is 6.16. The topological polar surface area (TPSA) is 49.4 Å². The van der Waals surface area contributed by atoms with Crippen molar-refractivity contribution in [1.29, 1.82) is 0 Å². The van der Waals surface area contributed by atoms with Crippen LogP contribution >= 0.6 is 11.3 Å². The fraction of sp³-hybridized carbons (Fsp3) is 0.600. The van der Waals surface area contributed by atoms with E-state index < -0.39 is 0 Å². The van der Waals surface area contributed by atoms with E-state index in [1.807, 2.05) is 24.1 Å². The first-order valence-corrected chi connectivity index (χ1v) is 8.17. The first kappa shape index (κ1) is 15.0. The molecule has 1 saturated heterocycles. The molecule has 2 unspecified atom stereocenters. The average Bonchev–Trinajstić information content (AvgIpc) is 2.88. The molecule has 110 valence electrons. The quantitative estimate of drug-likeness (QED) is 0.905. The summed E-state index contributed by atoms with van der Waals surface area (Å²) in [4.78, 5) is 26.3. The van der Waals surface area contributed by atoms with Crippen LogP contribution in [0.4, 0.5) is 0 Å². The maximum absolute atomic E-state index is 12.6. The van der Waals surface area contributed by atoms with Crippen molar-refractivity contribution in [2.45, 2.75) is 51.6 Å². The number of rotatable bonds is 5. The number of nitrogens with zero attached hydrogens (tertiary/aromatic N) is 1. The highest BCUT2D eigenvalue weighted by Gasteiger charge is 2.32. The molecular weight excluding hydrogens is 272 g/mol. The lowest BCUT2D eigenvalue weighted by molar-refractivity contribution is -0.135. The molecule has 5 heteroatoms. The molecule has 1 fully saturated rings. The third kappa shape index (κ3) is 3.60. The SMILES string of the molecule is CCCC1NC(=O)CC(C)N(CCc2ccsc2)C1=O. The monoisotopic (exact) mass is 294 g/mol. The Morgan fingerprint density at radius 2 is 2.25 bits per heavy atom. The summed E-state index contributed by atoms with van der Waals surface area (Å²) in [5, 5.41) is 7.02. The maximum Gasteiger partial charge on any atom is 0.245 e. The largest absolute Gasteiger partial charge is 0.344 e. The Kier molecular flexibility index (Phi) is 5.17. The molecule has 0 aromatic carbocycles. The highest BCUT2D eigenvalue weighted by molar-refractivity contribution is 7.07. The van der Waals surface area contributed by atoms with Crippen molar-refractivity contribution in [2.24, 2.45) is 0 Å². The Balaban J connectivity index is 2.06. The second-order valence-electron chi connectivity index (χ2n) is 5.38. The van der Waals surface area contributed by atoms with Crippen LogP contribution in [0.1, 0.15) is 38.7 Å². The standard InChI is InChI=1S/C15H22N2O2S/c1-3-4-13-15(19)17(11(2)9-14(18)16-13)7-5-12-6-8-20-10-12/h6,8,10-11,13H,3-5,7,9H2,1-2H3,(H,16,18). The highest BCUT2D eigenvalue weighted by atomic mass is 32.1. The third-order valence-electron chi connectivity index (χ3n) is 3.73. The number of carbonyl (C=O) groups excluding carboxylic acids is 2. The number of amides is 2. The minimum atomic E-state index is -0.347. The lowest BCUT2D eigenvalue weighted by atomic mass is 10.1. The zero-order chi connectivity index (χ0) is 14.5. The first-order chi connectivity index (χ1) is 9.61. The van der Waals surface area contributed by atoms with Crippen LogP contribution in [-0.2, 0) is 16.0 Å². The van der Waals surface area contributed by atoms with Crippen LogP contribution in [-0.4, -0.2) is 35.3 Å². The Labute approximate surface area is 124 Å². The molecule has 1 aromatic heterocycles.